The van der Waals surface area contributed by atoms with Crippen LogP contribution >= 0.6 is 15.9 Å². The summed E-state index contributed by atoms with van der Waals surface area (Å²) in [5.74, 6) is -1.08. The summed E-state index contributed by atoms with van der Waals surface area (Å²) in [5, 5.41) is 9.05. The lowest BCUT2D eigenvalue weighted by atomic mass is 9.97. The van der Waals surface area contributed by atoms with E-state index in [4.69, 9.17) is 5.11 Å². The summed E-state index contributed by atoms with van der Waals surface area (Å²) in [6.45, 7) is 1.38. The van der Waals surface area contributed by atoms with Crippen LogP contribution in [0.15, 0.2) is 22.7 Å². The SMILES string of the molecule is O=C(O)[C@@H]1CC[C@H](C(=O)N2CCc3cc(Br)ccc3C2)C1. The van der Waals surface area contributed by atoms with Crippen LogP contribution in [0.4, 0.5) is 0 Å². The highest BCUT2D eigenvalue weighted by Crippen LogP contribution is 2.33. The minimum atomic E-state index is -0.765. The Morgan fingerprint density at radius 2 is 1.95 bits per heavy atom. The average Bonchev–Trinajstić information content (AvgIpc) is 2.96. The maximum Gasteiger partial charge on any atom is 0.306 e. The second-order valence-electron chi connectivity index (χ2n) is 5.97. The van der Waals surface area contributed by atoms with Crippen molar-refractivity contribution in [2.24, 2.45) is 11.8 Å². The zero-order valence-electron chi connectivity index (χ0n) is 11.7. The van der Waals surface area contributed by atoms with Gasteiger partial charge in [-0.3, -0.25) is 9.59 Å². The van der Waals surface area contributed by atoms with E-state index in [0.29, 0.717) is 25.8 Å². The number of hydrogen-bond donors (Lipinski definition) is 1. The number of rotatable bonds is 2. The average molecular weight is 352 g/mol. The van der Waals surface area contributed by atoms with Crippen molar-refractivity contribution in [1.29, 1.82) is 0 Å². The zero-order valence-corrected chi connectivity index (χ0v) is 13.3. The standard InChI is InChI=1S/C16H18BrNO3/c17-14-4-3-13-9-18(6-5-10(13)8-14)15(19)11-1-2-12(7-11)16(20)21/h3-4,8,11-12H,1-2,5-7,9H2,(H,20,21)/t11-,12+/m0/s1. The van der Waals surface area contributed by atoms with Crippen LogP contribution < -0.4 is 0 Å². The third-order valence-corrected chi connectivity index (χ3v) is 5.12. The molecule has 0 bridgehead atoms. The summed E-state index contributed by atoms with van der Waals surface area (Å²) in [7, 11) is 0. The van der Waals surface area contributed by atoms with Crippen molar-refractivity contribution < 1.29 is 14.7 Å². The molecule has 1 fully saturated rings. The number of benzene rings is 1. The van der Waals surface area contributed by atoms with Gasteiger partial charge >= 0.3 is 5.97 Å². The van der Waals surface area contributed by atoms with Gasteiger partial charge in [0.2, 0.25) is 5.91 Å². The number of amides is 1. The first-order valence-corrected chi connectivity index (χ1v) is 8.13. The number of fused-ring (bicyclic) bond motifs is 1. The van der Waals surface area contributed by atoms with Gasteiger partial charge in [0, 0.05) is 23.5 Å². The molecule has 1 aliphatic heterocycles. The maximum absolute atomic E-state index is 12.6. The van der Waals surface area contributed by atoms with Crippen LogP contribution in [-0.2, 0) is 22.6 Å². The Morgan fingerprint density at radius 1 is 1.19 bits per heavy atom. The van der Waals surface area contributed by atoms with Crippen molar-refractivity contribution in [3.63, 3.8) is 0 Å². The minimum absolute atomic E-state index is 0.108. The van der Waals surface area contributed by atoms with Gasteiger partial charge in [-0.1, -0.05) is 22.0 Å². The molecule has 0 spiro atoms. The number of carbonyl (C=O) groups is 2. The van der Waals surface area contributed by atoms with Gasteiger partial charge in [-0.15, -0.1) is 0 Å². The molecule has 1 saturated carbocycles. The third kappa shape index (κ3) is 2.98. The Hall–Kier alpha value is -1.36. The monoisotopic (exact) mass is 351 g/mol. The Labute approximate surface area is 132 Å². The molecule has 21 heavy (non-hydrogen) atoms. The molecular formula is C16H18BrNO3. The van der Waals surface area contributed by atoms with Crippen LogP contribution in [0.2, 0.25) is 0 Å². The van der Waals surface area contributed by atoms with E-state index in [9.17, 15) is 9.59 Å². The van der Waals surface area contributed by atoms with Crippen LogP contribution in [0.5, 0.6) is 0 Å². The fourth-order valence-corrected chi connectivity index (χ4v) is 3.81. The third-order valence-electron chi connectivity index (χ3n) is 4.62. The predicted octanol–water partition coefficient (Wildman–Crippen LogP) is 2.83. The molecule has 0 saturated heterocycles. The molecule has 4 nitrogen and oxygen atoms in total. The molecule has 1 N–H and O–H groups in total. The lowest BCUT2D eigenvalue weighted by molar-refractivity contribution is -0.141. The Bertz CT molecular complexity index is 587. The van der Waals surface area contributed by atoms with Gasteiger partial charge in [-0.2, -0.15) is 0 Å². The van der Waals surface area contributed by atoms with E-state index in [1.807, 2.05) is 11.0 Å². The lowest BCUT2D eigenvalue weighted by Gasteiger charge is -2.31. The maximum atomic E-state index is 12.6. The summed E-state index contributed by atoms with van der Waals surface area (Å²) in [5.41, 5.74) is 2.49. The van der Waals surface area contributed by atoms with Gasteiger partial charge in [-0.25, -0.2) is 0 Å². The number of carbonyl (C=O) groups excluding carboxylic acids is 1. The quantitative estimate of drug-likeness (QED) is 0.891. The topological polar surface area (TPSA) is 57.6 Å². The van der Waals surface area contributed by atoms with E-state index < -0.39 is 5.97 Å². The molecule has 1 aromatic rings. The second kappa shape index (κ2) is 5.79. The predicted molar refractivity (Wildman–Crippen MR) is 81.7 cm³/mol. The molecule has 0 radical (unpaired) electrons. The Morgan fingerprint density at radius 3 is 2.67 bits per heavy atom. The Kier molecular flexibility index (Phi) is 4.02. The number of carboxylic acid groups (broad SMARTS) is 1. The van der Waals surface area contributed by atoms with Crippen LogP contribution in [-0.4, -0.2) is 28.4 Å². The van der Waals surface area contributed by atoms with Crippen molar-refractivity contribution in [2.75, 3.05) is 6.54 Å². The molecule has 0 unspecified atom stereocenters. The fourth-order valence-electron chi connectivity index (χ4n) is 3.40. The number of halogens is 1. The zero-order chi connectivity index (χ0) is 15.0. The van der Waals surface area contributed by atoms with Crippen LogP contribution in [0.3, 0.4) is 0 Å². The van der Waals surface area contributed by atoms with Crippen LogP contribution in [0, 0.1) is 11.8 Å². The largest absolute Gasteiger partial charge is 0.481 e. The fraction of sp³-hybridized carbons (Fsp3) is 0.500. The normalized spacial score (nSPS) is 24.7. The second-order valence-corrected chi connectivity index (χ2v) is 6.88. The molecule has 0 aromatic heterocycles. The number of aliphatic carboxylic acids is 1. The number of nitrogens with zero attached hydrogens (tertiary/aromatic N) is 1. The highest BCUT2D eigenvalue weighted by Gasteiger charge is 2.36. The summed E-state index contributed by atoms with van der Waals surface area (Å²) in [6, 6.07) is 6.18. The first kappa shape index (κ1) is 14.6. The van der Waals surface area contributed by atoms with Gasteiger partial charge in [-0.05, 0) is 48.9 Å². The van der Waals surface area contributed by atoms with Gasteiger partial charge in [0.1, 0.15) is 0 Å². The molecule has 2 aliphatic rings. The van der Waals surface area contributed by atoms with Gasteiger partial charge in [0.15, 0.2) is 0 Å². The lowest BCUT2D eigenvalue weighted by Crippen LogP contribution is -2.39. The minimum Gasteiger partial charge on any atom is -0.481 e. The molecule has 112 valence electrons. The molecule has 1 aliphatic carbocycles. The van der Waals surface area contributed by atoms with Gasteiger partial charge < -0.3 is 10.0 Å². The van der Waals surface area contributed by atoms with E-state index in [1.165, 1.54) is 11.1 Å². The number of carboxylic acids is 1. The molecule has 1 aromatic carbocycles. The molecule has 2 atom stereocenters. The molecule has 3 rings (SSSR count). The highest BCUT2D eigenvalue weighted by atomic mass is 79.9. The van der Waals surface area contributed by atoms with E-state index >= 15 is 0 Å². The molecule has 1 heterocycles. The highest BCUT2D eigenvalue weighted by molar-refractivity contribution is 9.10. The van der Waals surface area contributed by atoms with Crippen molar-refractivity contribution in [1.82, 2.24) is 4.90 Å². The summed E-state index contributed by atoms with van der Waals surface area (Å²) < 4.78 is 1.07. The van der Waals surface area contributed by atoms with Crippen molar-refractivity contribution in [2.45, 2.75) is 32.2 Å². The van der Waals surface area contributed by atoms with Gasteiger partial charge in [0.05, 0.1) is 5.92 Å². The molecule has 5 heteroatoms. The van der Waals surface area contributed by atoms with E-state index in [-0.39, 0.29) is 17.7 Å². The summed E-state index contributed by atoms with van der Waals surface area (Å²) >= 11 is 3.47. The first-order chi connectivity index (χ1) is 10.0. The Balaban J connectivity index is 1.67. The van der Waals surface area contributed by atoms with Crippen molar-refractivity contribution in [3.05, 3.63) is 33.8 Å². The van der Waals surface area contributed by atoms with Crippen LogP contribution in [0.25, 0.3) is 0 Å². The summed E-state index contributed by atoms with van der Waals surface area (Å²) in [4.78, 5) is 25.5. The summed E-state index contributed by atoms with van der Waals surface area (Å²) in [6.07, 6.45) is 2.70. The van der Waals surface area contributed by atoms with E-state index in [1.54, 1.807) is 0 Å². The van der Waals surface area contributed by atoms with E-state index in [0.717, 1.165) is 17.4 Å². The van der Waals surface area contributed by atoms with Gasteiger partial charge in [0.25, 0.3) is 0 Å². The molecular weight excluding hydrogens is 334 g/mol. The molecule has 1 amide bonds. The number of hydrogen-bond acceptors (Lipinski definition) is 2. The van der Waals surface area contributed by atoms with E-state index in [2.05, 4.69) is 28.1 Å². The van der Waals surface area contributed by atoms with Crippen LogP contribution in [0.1, 0.15) is 30.4 Å². The van der Waals surface area contributed by atoms with Crippen molar-refractivity contribution >= 4 is 27.8 Å². The smallest absolute Gasteiger partial charge is 0.306 e. The first-order valence-electron chi connectivity index (χ1n) is 7.33. The van der Waals surface area contributed by atoms with Crippen molar-refractivity contribution in [3.8, 4) is 0 Å².